The molecule has 1 atom stereocenters. The molecule has 21 heavy (non-hydrogen) atoms. The van der Waals surface area contributed by atoms with Crippen molar-refractivity contribution < 1.29 is 9.84 Å². The molecule has 0 aromatic heterocycles. The maximum Gasteiger partial charge on any atom is 0.120 e. The Morgan fingerprint density at radius 2 is 1.90 bits per heavy atom. The molecule has 0 radical (unpaired) electrons. The van der Waals surface area contributed by atoms with Gasteiger partial charge in [-0.3, -0.25) is 0 Å². The van der Waals surface area contributed by atoms with Gasteiger partial charge in [-0.2, -0.15) is 0 Å². The monoisotopic (exact) mass is 303 g/mol. The highest BCUT2D eigenvalue weighted by Gasteiger charge is 2.23. The predicted octanol–water partition coefficient (Wildman–Crippen LogP) is 3.67. The summed E-state index contributed by atoms with van der Waals surface area (Å²) in [6, 6.07) is 15.3. The topological polar surface area (TPSA) is 55.5 Å². The van der Waals surface area contributed by atoms with Gasteiger partial charge in [0.05, 0.1) is 12.2 Å². The highest BCUT2D eigenvalue weighted by Crippen LogP contribution is 2.34. The van der Waals surface area contributed by atoms with Crippen LogP contribution in [0.25, 0.3) is 0 Å². The van der Waals surface area contributed by atoms with Crippen LogP contribution in [0.5, 0.6) is 5.75 Å². The number of hydrogen-bond acceptors (Lipinski definition) is 4. The summed E-state index contributed by atoms with van der Waals surface area (Å²) in [5.41, 5.74) is 6.69. The van der Waals surface area contributed by atoms with Crippen LogP contribution in [0.1, 0.15) is 19.4 Å². The second kappa shape index (κ2) is 6.87. The number of nitrogen functional groups attached to an aromatic ring is 1. The molecule has 0 spiro atoms. The Balaban J connectivity index is 2.10. The van der Waals surface area contributed by atoms with E-state index >= 15 is 0 Å². The van der Waals surface area contributed by atoms with E-state index in [0.29, 0.717) is 18.0 Å². The molecular weight excluding hydrogens is 282 g/mol. The smallest absolute Gasteiger partial charge is 0.120 e. The Hall–Kier alpha value is -1.65. The van der Waals surface area contributed by atoms with Gasteiger partial charge in [-0.15, -0.1) is 11.8 Å². The van der Waals surface area contributed by atoms with Crippen LogP contribution in [-0.2, 0) is 5.60 Å². The lowest BCUT2D eigenvalue weighted by Crippen LogP contribution is -2.24. The number of thioether (sulfide) groups is 1. The summed E-state index contributed by atoms with van der Waals surface area (Å²) >= 11 is 1.53. The van der Waals surface area contributed by atoms with Crippen molar-refractivity contribution in [2.75, 3.05) is 18.1 Å². The molecule has 0 aliphatic heterocycles. The summed E-state index contributed by atoms with van der Waals surface area (Å²) in [5, 5.41) is 10.6. The van der Waals surface area contributed by atoms with E-state index in [-0.39, 0.29) is 0 Å². The molecule has 2 aromatic carbocycles. The van der Waals surface area contributed by atoms with Gasteiger partial charge in [0.1, 0.15) is 5.75 Å². The van der Waals surface area contributed by atoms with Gasteiger partial charge in [-0.05, 0) is 37.6 Å². The Labute approximate surface area is 130 Å². The summed E-state index contributed by atoms with van der Waals surface area (Å²) < 4.78 is 5.49. The third-order valence-corrected chi connectivity index (χ3v) is 4.57. The van der Waals surface area contributed by atoms with Gasteiger partial charge in [-0.1, -0.05) is 30.3 Å². The van der Waals surface area contributed by atoms with E-state index in [9.17, 15) is 5.11 Å². The van der Waals surface area contributed by atoms with E-state index in [1.54, 1.807) is 0 Å². The third kappa shape index (κ3) is 4.16. The SMILES string of the molecule is CCOc1ccc(N)c(SCC(C)(O)c2ccccc2)c1. The number of hydrogen-bond donors (Lipinski definition) is 2. The van der Waals surface area contributed by atoms with Gasteiger partial charge in [0, 0.05) is 16.3 Å². The molecule has 0 bridgehead atoms. The molecule has 0 fully saturated rings. The summed E-state index contributed by atoms with van der Waals surface area (Å²) in [6.07, 6.45) is 0. The van der Waals surface area contributed by atoms with Crippen LogP contribution in [0.15, 0.2) is 53.4 Å². The van der Waals surface area contributed by atoms with Crippen LogP contribution in [0.3, 0.4) is 0 Å². The van der Waals surface area contributed by atoms with Crippen molar-refractivity contribution in [3.05, 3.63) is 54.1 Å². The summed E-state index contributed by atoms with van der Waals surface area (Å²) in [5.74, 6) is 1.32. The molecule has 2 aromatic rings. The van der Waals surface area contributed by atoms with Crippen LogP contribution in [0, 0.1) is 0 Å². The molecule has 0 amide bonds. The van der Waals surface area contributed by atoms with Crippen LogP contribution < -0.4 is 10.5 Å². The molecule has 2 rings (SSSR count). The fourth-order valence-corrected chi connectivity index (χ4v) is 3.03. The minimum absolute atomic E-state index is 0.525. The van der Waals surface area contributed by atoms with E-state index in [1.807, 2.05) is 62.4 Å². The Bertz CT molecular complexity index is 585. The molecule has 0 heterocycles. The van der Waals surface area contributed by atoms with Gasteiger partial charge < -0.3 is 15.6 Å². The number of anilines is 1. The van der Waals surface area contributed by atoms with Crippen LogP contribution in [-0.4, -0.2) is 17.5 Å². The fourth-order valence-electron chi connectivity index (χ4n) is 1.99. The minimum atomic E-state index is -0.903. The van der Waals surface area contributed by atoms with Crippen LogP contribution in [0.2, 0.25) is 0 Å². The lowest BCUT2D eigenvalue weighted by atomic mass is 9.99. The second-order valence-corrected chi connectivity index (χ2v) is 6.08. The van der Waals surface area contributed by atoms with Gasteiger partial charge in [0.2, 0.25) is 0 Å². The lowest BCUT2D eigenvalue weighted by molar-refractivity contribution is 0.0839. The van der Waals surface area contributed by atoms with Gasteiger partial charge in [-0.25, -0.2) is 0 Å². The molecule has 4 heteroatoms. The maximum absolute atomic E-state index is 10.6. The molecule has 0 saturated carbocycles. The van der Waals surface area contributed by atoms with Crippen molar-refractivity contribution >= 4 is 17.4 Å². The van der Waals surface area contributed by atoms with E-state index in [4.69, 9.17) is 10.5 Å². The molecule has 0 aliphatic carbocycles. The van der Waals surface area contributed by atoms with Crippen molar-refractivity contribution in [1.29, 1.82) is 0 Å². The van der Waals surface area contributed by atoms with Crippen LogP contribution >= 0.6 is 11.8 Å². The molecule has 0 aliphatic rings. The highest BCUT2D eigenvalue weighted by atomic mass is 32.2. The quantitative estimate of drug-likeness (QED) is 0.631. The van der Waals surface area contributed by atoms with Gasteiger partial charge >= 0.3 is 0 Å². The first-order chi connectivity index (χ1) is 10.0. The molecule has 0 saturated heterocycles. The molecule has 112 valence electrons. The van der Waals surface area contributed by atoms with Crippen molar-refractivity contribution in [2.45, 2.75) is 24.3 Å². The summed E-state index contributed by atoms with van der Waals surface area (Å²) in [7, 11) is 0. The van der Waals surface area contributed by atoms with E-state index in [0.717, 1.165) is 16.2 Å². The van der Waals surface area contributed by atoms with Gasteiger partial charge in [0.25, 0.3) is 0 Å². The zero-order chi connectivity index (χ0) is 15.3. The van der Waals surface area contributed by atoms with Crippen molar-refractivity contribution in [2.24, 2.45) is 0 Å². The summed E-state index contributed by atoms with van der Waals surface area (Å²) in [4.78, 5) is 0.928. The standard InChI is InChI=1S/C17H21NO2S/c1-3-20-14-9-10-15(18)16(11-14)21-12-17(2,19)13-7-5-4-6-8-13/h4-11,19H,3,12,18H2,1-2H3. The van der Waals surface area contributed by atoms with Crippen molar-refractivity contribution in [3.8, 4) is 5.75 Å². The number of benzene rings is 2. The number of ether oxygens (including phenoxy) is 1. The van der Waals surface area contributed by atoms with Gasteiger partial charge in [0.15, 0.2) is 0 Å². The highest BCUT2D eigenvalue weighted by molar-refractivity contribution is 7.99. The van der Waals surface area contributed by atoms with Crippen molar-refractivity contribution in [1.82, 2.24) is 0 Å². The Morgan fingerprint density at radius 3 is 2.57 bits per heavy atom. The zero-order valence-corrected chi connectivity index (χ0v) is 13.2. The normalized spacial score (nSPS) is 13.7. The minimum Gasteiger partial charge on any atom is -0.494 e. The first-order valence-electron chi connectivity index (χ1n) is 6.96. The van der Waals surface area contributed by atoms with E-state index in [1.165, 1.54) is 11.8 Å². The molecule has 3 N–H and O–H groups in total. The number of nitrogens with two attached hydrogens (primary N) is 1. The van der Waals surface area contributed by atoms with E-state index in [2.05, 4.69) is 0 Å². The maximum atomic E-state index is 10.6. The second-order valence-electron chi connectivity index (χ2n) is 5.06. The largest absolute Gasteiger partial charge is 0.494 e. The number of rotatable bonds is 6. The van der Waals surface area contributed by atoms with E-state index < -0.39 is 5.60 Å². The number of aliphatic hydroxyl groups is 1. The molecular formula is C17H21NO2S. The zero-order valence-electron chi connectivity index (χ0n) is 12.4. The first-order valence-corrected chi connectivity index (χ1v) is 7.94. The molecule has 3 nitrogen and oxygen atoms in total. The Morgan fingerprint density at radius 1 is 1.19 bits per heavy atom. The summed E-state index contributed by atoms with van der Waals surface area (Å²) in [6.45, 7) is 4.39. The van der Waals surface area contributed by atoms with Crippen molar-refractivity contribution in [3.63, 3.8) is 0 Å². The average molecular weight is 303 g/mol. The fraction of sp³-hybridized carbons (Fsp3) is 0.294. The first kappa shape index (κ1) is 15.7. The Kier molecular flexibility index (Phi) is 5.15. The van der Waals surface area contributed by atoms with Crippen LogP contribution in [0.4, 0.5) is 5.69 Å². The third-order valence-electron chi connectivity index (χ3n) is 3.20. The lowest BCUT2D eigenvalue weighted by Gasteiger charge is -2.23. The predicted molar refractivity (Wildman–Crippen MR) is 88.8 cm³/mol. The average Bonchev–Trinajstić information content (AvgIpc) is 2.49. The molecule has 1 unspecified atom stereocenters.